The Bertz CT molecular complexity index is 718. The van der Waals surface area contributed by atoms with Gasteiger partial charge in [0, 0.05) is 6.20 Å². The monoisotopic (exact) mass is 336 g/mol. The van der Waals surface area contributed by atoms with E-state index in [2.05, 4.69) is 10.3 Å². The van der Waals surface area contributed by atoms with Gasteiger partial charge in [-0.05, 0) is 24.3 Å². The minimum atomic E-state index is -0.847. The summed E-state index contributed by atoms with van der Waals surface area (Å²) in [6.07, 6.45) is 1.37. The quantitative estimate of drug-likeness (QED) is 0.813. The average Bonchev–Trinajstić information content (AvgIpc) is 2.55. The van der Waals surface area contributed by atoms with Crippen LogP contribution in [0.15, 0.2) is 36.5 Å². The predicted molar refractivity (Wildman–Crippen MR) is 82.8 cm³/mol. The third kappa shape index (κ3) is 4.33. The summed E-state index contributed by atoms with van der Waals surface area (Å²) in [6, 6.07) is 7.44. The summed E-state index contributed by atoms with van der Waals surface area (Å²) in [5.74, 6) is -1.36. The van der Waals surface area contributed by atoms with Crippen LogP contribution in [0.25, 0.3) is 0 Å². The zero-order valence-electron chi connectivity index (χ0n) is 12.1. The molecule has 2 aromatic rings. The molecule has 1 aromatic heterocycles. The van der Waals surface area contributed by atoms with E-state index in [0.29, 0.717) is 5.02 Å². The summed E-state index contributed by atoms with van der Waals surface area (Å²) in [5.41, 5.74) is -0.0956. The van der Waals surface area contributed by atoms with Crippen LogP contribution >= 0.6 is 11.6 Å². The third-order valence-corrected chi connectivity index (χ3v) is 2.99. The molecule has 0 radical (unpaired) electrons. The summed E-state index contributed by atoms with van der Waals surface area (Å²) in [6.45, 7) is -0.528. The highest BCUT2D eigenvalue weighted by Crippen LogP contribution is 2.29. The lowest BCUT2D eigenvalue weighted by Gasteiger charge is -2.09. The number of carbonyl (C=O) groups is 2. The number of anilines is 1. The molecule has 7 nitrogen and oxygen atoms in total. The highest BCUT2D eigenvalue weighted by molar-refractivity contribution is 6.30. The first kappa shape index (κ1) is 16.6. The second kappa shape index (κ2) is 7.46. The normalized spacial score (nSPS) is 10.0. The van der Waals surface area contributed by atoms with Crippen molar-refractivity contribution < 1.29 is 24.2 Å². The lowest BCUT2D eigenvalue weighted by molar-refractivity contribution is -0.119. The van der Waals surface area contributed by atoms with Gasteiger partial charge < -0.3 is 19.9 Å². The first-order chi connectivity index (χ1) is 11.0. The number of nitrogens with zero attached hydrogens (tertiary/aromatic N) is 1. The summed E-state index contributed by atoms with van der Waals surface area (Å²) in [4.78, 5) is 27.5. The lowest BCUT2D eigenvalue weighted by Crippen LogP contribution is -2.21. The van der Waals surface area contributed by atoms with E-state index >= 15 is 0 Å². The number of pyridine rings is 1. The number of phenolic OH excluding ortho intramolecular Hbond substituents is 1. The van der Waals surface area contributed by atoms with E-state index in [4.69, 9.17) is 21.1 Å². The van der Waals surface area contributed by atoms with Crippen molar-refractivity contribution in [1.82, 2.24) is 4.98 Å². The molecule has 120 valence electrons. The van der Waals surface area contributed by atoms with Gasteiger partial charge >= 0.3 is 5.97 Å². The number of rotatable bonds is 5. The number of aromatic hydroxyl groups is 1. The first-order valence-corrected chi connectivity index (χ1v) is 6.83. The Morgan fingerprint density at radius 3 is 2.74 bits per heavy atom. The molecule has 1 amide bonds. The Morgan fingerprint density at radius 1 is 1.30 bits per heavy atom. The minimum Gasteiger partial charge on any atom is -0.504 e. The fraction of sp³-hybridized carbons (Fsp3) is 0.133. The largest absolute Gasteiger partial charge is 0.504 e. The van der Waals surface area contributed by atoms with Gasteiger partial charge in [-0.25, -0.2) is 9.78 Å². The number of hydrogen-bond donors (Lipinski definition) is 2. The minimum absolute atomic E-state index is 0.0956. The second-order valence-electron chi connectivity index (χ2n) is 4.34. The molecule has 1 heterocycles. The number of aromatic nitrogens is 1. The molecule has 0 saturated heterocycles. The van der Waals surface area contributed by atoms with Crippen molar-refractivity contribution >= 4 is 29.3 Å². The van der Waals surface area contributed by atoms with Crippen molar-refractivity contribution in [2.75, 3.05) is 19.0 Å². The van der Waals surface area contributed by atoms with Gasteiger partial charge in [-0.15, -0.1) is 0 Å². The molecule has 0 aliphatic heterocycles. The van der Waals surface area contributed by atoms with Gasteiger partial charge in [0.2, 0.25) is 0 Å². The average molecular weight is 337 g/mol. The smallest absolute Gasteiger partial charge is 0.342 e. The first-order valence-electron chi connectivity index (χ1n) is 6.45. The van der Waals surface area contributed by atoms with E-state index in [1.807, 2.05) is 0 Å². The van der Waals surface area contributed by atoms with Crippen LogP contribution in [0.1, 0.15) is 10.4 Å². The Kier molecular flexibility index (Phi) is 5.37. The summed E-state index contributed by atoms with van der Waals surface area (Å²) < 4.78 is 9.74. The van der Waals surface area contributed by atoms with Crippen LogP contribution in [0.4, 0.5) is 5.82 Å². The number of methoxy groups -OCH3 is 1. The zero-order valence-corrected chi connectivity index (χ0v) is 12.8. The van der Waals surface area contributed by atoms with Crippen molar-refractivity contribution in [3.63, 3.8) is 0 Å². The number of amides is 1. The van der Waals surface area contributed by atoms with Gasteiger partial charge in [0.25, 0.3) is 5.91 Å². The van der Waals surface area contributed by atoms with Gasteiger partial charge in [-0.2, -0.15) is 0 Å². The molecule has 0 spiro atoms. The Balaban J connectivity index is 1.94. The van der Waals surface area contributed by atoms with Crippen molar-refractivity contribution in [3.8, 4) is 11.5 Å². The number of carbonyl (C=O) groups excluding carboxylic acids is 2. The molecular weight excluding hydrogens is 324 g/mol. The van der Waals surface area contributed by atoms with E-state index < -0.39 is 18.5 Å². The number of para-hydroxylation sites is 1. The molecule has 0 bridgehead atoms. The van der Waals surface area contributed by atoms with Crippen LogP contribution in [-0.4, -0.2) is 35.7 Å². The number of ether oxygens (including phenoxy) is 2. The maximum atomic E-state index is 11.9. The van der Waals surface area contributed by atoms with Gasteiger partial charge in [0.1, 0.15) is 11.4 Å². The maximum absolute atomic E-state index is 11.9. The molecule has 0 aliphatic carbocycles. The van der Waals surface area contributed by atoms with E-state index in [1.54, 1.807) is 6.07 Å². The van der Waals surface area contributed by atoms with Crippen LogP contribution in [0.2, 0.25) is 5.02 Å². The molecule has 2 rings (SSSR count). The van der Waals surface area contributed by atoms with Gasteiger partial charge in [0.15, 0.2) is 18.1 Å². The van der Waals surface area contributed by atoms with Crippen LogP contribution in [-0.2, 0) is 9.53 Å². The van der Waals surface area contributed by atoms with Crippen molar-refractivity contribution in [2.45, 2.75) is 0 Å². The second-order valence-corrected chi connectivity index (χ2v) is 4.78. The van der Waals surface area contributed by atoms with Crippen LogP contribution < -0.4 is 10.1 Å². The van der Waals surface area contributed by atoms with Crippen molar-refractivity contribution in [1.29, 1.82) is 0 Å². The molecule has 0 atom stereocenters. The zero-order chi connectivity index (χ0) is 16.8. The highest BCUT2D eigenvalue weighted by atomic mass is 35.5. The maximum Gasteiger partial charge on any atom is 0.342 e. The Morgan fingerprint density at radius 2 is 2.09 bits per heavy atom. The highest BCUT2D eigenvalue weighted by Gasteiger charge is 2.17. The molecule has 23 heavy (non-hydrogen) atoms. The predicted octanol–water partition coefficient (Wildman–Crippen LogP) is 2.24. The third-order valence-electron chi connectivity index (χ3n) is 2.77. The molecule has 2 N–H and O–H groups in total. The van der Waals surface area contributed by atoms with E-state index in [9.17, 15) is 14.7 Å². The topological polar surface area (TPSA) is 97.8 Å². The SMILES string of the molecule is COc1cccc(C(=O)OCC(=O)Nc2ccc(Cl)cn2)c1O. The van der Waals surface area contributed by atoms with Crippen molar-refractivity contribution in [2.24, 2.45) is 0 Å². The Labute approximate surface area is 136 Å². The number of benzene rings is 1. The van der Waals surface area contributed by atoms with Crippen LogP contribution in [0.3, 0.4) is 0 Å². The fourth-order valence-corrected chi connectivity index (χ4v) is 1.80. The number of hydrogen-bond acceptors (Lipinski definition) is 6. The van der Waals surface area contributed by atoms with Gasteiger partial charge in [0.05, 0.1) is 12.1 Å². The molecule has 0 unspecified atom stereocenters. The molecule has 0 saturated carbocycles. The summed E-state index contributed by atoms with van der Waals surface area (Å²) in [7, 11) is 1.36. The number of esters is 1. The van der Waals surface area contributed by atoms with E-state index in [0.717, 1.165) is 0 Å². The van der Waals surface area contributed by atoms with Gasteiger partial charge in [-0.1, -0.05) is 17.7 Å². The van der Waals surface area contributed by atoms with E-state index in [1.165, 1.54) is 37.6 Å². The molecule has 0 fully saturated rings. The lowest BCUT2D eigenvalue weighted by atomic mass is 10.2. The molecule has 8 heteroatoms. The number of halogens is 1. The van der Waals surface area contributed by atoms with E-state index in [-0.39, 0.29) is 22.9 Å². The standard InChI is InChI=1S/C15H13ClN2O5/c1-22-11-4-2-3-10(14(11)20)15(21)23-8-13(19)18-12-6-5-9(16)7-17-12/h2-7,20H,8H2,1H3,(H,17,18,19). The van der Waals surface area contributed by atoms with Crippen molar-refractivity contribution in [3.05, 3.63) is 47.1 Å². The van der Waals surface area contributed by atoms with Crippen LogP contribution in [0, 0.1) is 0 Å². The number of phenols is 1. The van der Waals surface area contributed by atoms with Gasteiger partial charge in [-0.3, -0.25) is 4.79 Å². The summed E-state index contributed by atoms with van der Waals surface area (Å²) >= 11 is 5.68. The molecule has 1 aromatic carbocycles. The van der Waals surface area contributed by atoms with Crippen LogP contribution in [0.5, 0.6) is 11.5 Å². The molecular formula is C15H13ClN2O5. The fourth-order valence-electron chi connectivity index (χ4n) is 1.69. The number of nitrogens with one attached hydrogen (secondary N) is 1. The summed E-state index contributed by atoms with van der Waals surface area (Å²) in [5, 5.41) is 12.7. The Hall–Kier alpha value is -2.80. The molecule has 0 aliphatic rings.